The number of piperazine rings is 1. The lowest BCUT2D eigenvalue weighted by atomic mass is 10.0. The Balaban J connectivity index is 1.57. The van der Waals surface area contributed by atoms with E-state index in [-0.39, 0.29) is 35.2 Å². The van der Waals surface area contributed by atoms with Crippen molar-refractivity contribution < 1.29 is 21.6 Å². The van der Waals surface area contributed by atoms with Gasteiger partial charge in [0, 0.05) is 26.2 Å². The zero-order valence-corrected chi connectivity index (χ0v) is 19.7. The summed E-state index contributed by atoms with van der Waals surface area (Å²) in [6.07, 6.45) is 3.60. The largest absolute Gasteiger partial charge is 0.340 e. The van der Waals surface area contributed by atoms with Crippen molar-refractivity contribution in [3.63, 3.8) is 0 Å². The highest BCUT2D eigenvalue weighted by Crippen LogP contribution is 2.20. The van der Waals surface area contributed by atoms with Gasteiger partial charge in [-0.15, -0.1) is 0 Å². The third kappa shape index (κ3) is 5.94. The van der Waals surface area contributed by atoms with E-state index in [1.165, 1.54) is 34.1 Å². The molecule has 0 spiro atoms. The molecule has 0 unspecified atom stereocenters. The van der Waals surface area contributed by atoms with Crippen LogP contribution in [0.2, 0.25) is 0 Å². The van der Waals surface area contributed by atoms with E-state index in [0.717, 1.165) is 24.8 Å². The molecule has 3 rings (SSSR count). The third-order valence-electron chi connectivity index (χ3n) is 5.58. The molecule has 1 aliphatic rings. The molecule has 1 aliphatic heterocycles. The van der Waals surface area contributed by atoms with E-state index < -0.39 is 20.0 Å². The van der Waals surface area contributed by atoms with Gasteiger partial charge in [-0.3, -0.25) is 4.79 Å². The second-order valence-corrected chi connectivity index (χ2v) is 11.4. The lowest BCUT2D eigenvalue weighted by molar-refractivity contribution is -0.131. The highest BCUT2D eigenvalue weighted by Gasteiger charge is 2.30. The van der Waals surface area contributed by atoms with Crippen LogP contribution in [0, 0.1) is 0 Å². The van der Waals surface area contributed by atoms with Crippen LogP contribution in [0.5, 0.6) is 0 Å². The zero-order valence-electron chi connectivity index (χ0n) is 18.1. The van der Waals surface area contributed by atoms with Gasteiger partial charge in [0.2, 0.25) is 26.0 Å². The van der Waals surface area contributed by atoms with E-state index in [2.05, 4.69) is 19.1 Å². The summed E-state index contributed by atoms with van der Waals surface area (Å²) in [5.41, 5.74) is 2.21. The van der Waals surface area contributed by atoms with Crippen molar-refractivity contribution in [2.75, 3.05) is 26.2 Å². The Morgan fingerprint density at radius 3 is 1.91 bits per heavy atom. The minimum atomic E-state index is -3.89. The van der Waals surface area contributed by atoms with Gasteiger partial charge in [-0.1, -0.05) is 37.6 Å². The van der Waals surface area contributed by atoms with Crippen LogP contribution in [0.3, 0.4) is 0 Å². The molecule has 2 N–H and O–H groups in total. The van der Waals surface area contributed by atoms with Crippen molar-refractivity contribution in [3.05, 3.63) is 59.7 Å². The van der Waals surface area contributed by atoms with Gasteiger partial charge in [0.15, 0.2) is 0 Å². The fourth-order valence-corrected chi connectivity index (χ4v) is 5.56. The number of aryl methyl sites for hydroxylation is 1. The van der Waals surface area contributed by atoms with Crippen molar-refractivity contribution in [3.8, 4) is 0 Å². The van der Waals surface area contributed by atoms with Crippen LogP contribution >= 0.6 is 0 Å². The van der Waals surface area contributed by atoms with Crippen molar-refractivity contribution in [2.24, 2.45) is 5.14 Å². The molecule has 8 nitrogen and oxygen atoms in total. The lowest BCUT2D eigenvalue weighted by Gasteiger charge is -2.34. The van der Waals surface area contributed by atoms with Crippen molar-refractivity contribution in [1.82, 2.24) is 9.21 Å². The second kappa shape index (κ2) is 10.1. The van der Waals surface area contributed by atoms with Gasteiger partial charge in [0.05, 0.1) is 16.2 Å². The zero-order chi connectivity index (χ0) is 23.4. The first kappa shape index (κ1) is 24.4. The molecule has 2 aromatic carbocycles. The first-order valence-corrected chi connectivity index (χ1v) is 13.6. The van der Waals surface area contributed by atoms with Gasteiger partial charge in [0.25, 0.3) is 0 Å². The van der Waals surface area contributed by atoms with Crippen LogP contribution in [-0.2, 0) is 37.7 Å². The molecule has 0 atom stereocenters. The molecule has 0 radical (unpaired) electrons. The Bertz CT molecular complexity index is 1140. The molecule has 0 saturated carbocycles. The monoisotopic (exact) mass is 479 g/mol. The topological polar surface area (TPSA) is 118 Å². The summed E-state index contributed by atoms with van der Waals surface area (Å²) in [6.45, 7) is 3.13. The maximum Gasteiger partial charge on any atom is 0.243 e. The second-order valence-electron chi connectivity index (χ2n) is 7.90. The smallest absolute Gasteiger partial charge is 0.243 e. The number of amides is 1. The first-order valence-electron chi connectivity index (χ1n) is 10.6. The molecule has 32 heavy (non-hydrogen) atoms. The van der Waals surface area contributed by atoms with E-state index in [1.807, 2.05) is 12.1 Å². The van der Waals surface area contributed by atoms with Gasteiger partial charge in [-0.2, -0.15) is 4.31 Å². The summed E-state index contributed by atoms with van der Waals surface area (Å²) >= 11 is 0. The average Bonchev–Trinajstić information content (AvgIpc) is 2.78. The summed E-state index contributed by atoms with van der Waals surface area (Å²) in [5, 5.41) is 5.06. The summed E-state index contributed by atoms with van der Waals surface area (Å²) in [7, 11) is -7.68. The molecule has 2 aromatic rings. The number of nitrogens with two attached hydrogens (primary N) is 1. The number of unbranched alkanes of at least 4 members (excludes halogenated alkanes) is 1. The molecule has 1 saturated heterocycles. The van der Waals surface area contributed by atoms with Gasteiger partial charge in [-0.05, 0) is 48.2 Å². The molecule has 174 valence electrons. The summed E-state index contributed by atoms with van der Waals surface area (Å²) in [4.78, 5) is 14.2. The van der Waals surface area contributed by atoms with Gasteiger partial charge >= 0.3 is 0 Å². The number of sulfonamides is 2. The number of hydrogen-bond acceptors (Lipinski definition) is 5. The lowest BCUT2D eigenvalue weighted by Crippen LogP contribution is -2.50. The van der Waals surface area contributed by atoms with E-state index in [0.29, 0.717) is 13.1 Å². The summed E-state index contributed by atoms with van der Waals surface area (Å²) < 4.78 is 49.8. The standard InChI is InChI=1S/C22H29N3O5S2/c1-2-3-4-18-5-7-19(8-6-18)17-22(26)24-13-15-25(16-14-24)32(29,30)21-11-9-20(10-12-21)31(23,27)28/h5-12H,2-4,13-17H2,1H3,(H2,23,27,28). The molecule has 0 bridgehead atoms. The maximum atomic E-state index is 12.9. The Morgan fingerprint density at radius 1 is 0.844 bits per heavy atom. The number of benzene rings is 2. The van der Waals surface area contributed by atoms with Gasteiger partial charge in [0.1, 0.15) is 0 Å². The SMILES string of the molecule is CCCCc1ccc(CC(=O)N2CCN(S(=O)(=O)c3ccc(S(N)(=O)=O)cc3)CC2)cc1. The number of carbonyl (C=O) groups excluding carboxylic acids is 1. The molecule has 0 aliphatic carbocycles. The van der Waals surface area contributed by atoms with E-state index in [9.17, 15) is 21.6 Å². The normalized spacial score (nSPS) is 15.6. The minimum Gasteiger partial charge on any atom is -0.340 e. The van der Waals surface area contributed by atoms with Crippen LogP contribution in [0.4, 0.5) is 0 Å². The molecule has 1 amide bonds. The van der Waals surface area contributed by atoms with Crippen molar-refractivity contribution in [1.29, 1.82) is 0 Å². The third-order valence-corrected chi connectivity index (χ3v) is 8.42. The maximum absolute atomic E-state index is 12.9. The average molecular weight is 480 g/mol. The van der Waals surface area contributed by atoms with E-state index in [1.54, 1.807) is 4.90 Å². The predicted octanol–water partition coefficient (Wildman–Crippen LogP) is 1.75. The van der Waals surface area contributed by atoms with E-state index >= 15 is 0 Å². The Kier molecular flexibility index (Phi) is 7.71. The van der Waals surface area contributed by atoms with Crippen molar-refractivity contribution in [2.45, 2.75) is 42.4 Å². The Hall–Kier alpha value is -2.27. The molecule has 1 fully saturated rings. The highest BCUT2D eigenvalue weighted by molar-refractivity contribution is 7.89. The molecular formula is C22H29N3O5S2. The minimum absolute atomic E-state index is 0.00663. The number of carbonyl (C=O) groups is 1. The summed E-state index contributed by atoms with van der Waals surface area (Å²) in [6, 6.07) is 12.9. The van der Waals surface area contributed by atoms with Crippen LogP contribution in [-0.4, -0.2) is 58.1 Å². The fourth-order valence-electron chi connectivity index (χ4n) is 3.62. The fraction of sp³-hybridized carbons (Fsp3) is 0.409. The van der Waals surface area contributed by atoms with Crippen molar-refractivity contribution >= 4 is 26.0 Å². The van der Waals surface area contributed by atoms with Gasteiger partial charge < -0.3 is 4.90 Å². The number of primary sulfonamides is 1. The highest BCUT2D eigenvalue weighted by atomic mass is 32.2. The Morgan fingerprint density at radius 2 is 1.38 bits per heavy atom. The number of rotatable bonds is 8. The van der Waals surface area contributed by atoms with Crippen LogP contribution in [0.25, 0.3) is 0 Å². The number of hydrogen-bond donors (Lipinski definition) is 1. The van der Waals surface area contributed by atoms with Gasteiger partial charge in [-0.25, -0.2) is 22.0 Å². The Labute approximate surface area is 190 Å². The van der Waals surface area contributed by atoms with Crippen LogP contribution in [0.15, 0.2) is 58.3 Å². The van der Waals surface area contributed by atoms with Crippen LogP contribution < -0.4 is 5.14 Å². The van der Waals surface area contributed by atoms with E-state index in [4.69, 9.17) is 5.14 Å². The number of nitrogens with zero attached hydrogens (tertiary/aromatic N) is 2. The predicted molar refractivity (Wildman–Crippen MR) is 122 cm³/mol. The molecule has 0 aromatic heterocycles. The molecule has 10 heteroatoms. The quantitative estimate of drug-likeness (QED) is 0.619. The molecule has 1 heterocycles. The van der Waals surface area contributed by atoms with Crippen LogP contribution in [0.1, 0.15) is 30.9 Å². The molecular weight excluding hydrogens is 450 g/mol. The summed E-state index contributed by atoms with van der Waals surface area (Å²) in [5.74, 6) is -0.0270. The first-order chi connectivity index (χ1) is 15.1.